The molecule has 0 aliphatic heterocycles. The fraction of sp³-hybridized carbons (Fsp3) is 0.0625. The van der Waals surface area contributed by atoms with Gasteiger partial charge in [0.25, 0.3) is 0 Å². The van der Waals surface area contributed by atoms with Crippen molar-refractivity contribution in [2.75, 3.05) is 5.73 Å². The normalized spacial score (nSPS) is 10.7. The van der Waals surface area contributed by atoms with Crippen LogP contribution in [0.4, 0.5) is 10.1 Å². The van der Waals surface area contributed by atoms with Crippen LogP contribution in [-0.2, 0) is 7.05 Å². The molecular formula is C16H14FN3. The van der Waals surface area contributed by atoms with Crippen LogP contribution in [0.25, 0.3) is 22.5 Å². The summed E-state index contributed by atoms with van der Waals surface area (Å²) < 4.78 is 15.5. The molecule has 2 N–H and O–H groups in total. The first-order valence-electron chi connectivity index (χ1n) is 6.28. The van der Waals surface area contributed by atoms with Gasteiger partial charge in [-0.3, -0.25) is 0 Å². The smallest absolute Gasteiger partial charge is 0.140 e. The summed E-state index contributed by atoms with van der Waals surface area (Å²) in [5, 5.41) is 0. The third kappa shape index (κ3) is 2.16. The molecule has 3 rings (SSSR count). The van der Waals surface area contributed by atoms with E-state index in [1.807, 2.05) is 42.1 Å². The second-order valence-electron chi connectivity index (χ2n) is 4.68. The van der Waals surface area contributed by atoms with Gasteiger partial charge in [0.2, 0.25) is 0 Å². The number of nitrogens with two attached hydrogens (primary N) is 1. The number of aromatic nitrogens is 2. The highest BCUT2D eigenvalue weighted by molar-refractivity contribution is 5.82. The van der Waals surface area contributed by atoms with E-state index < -0.39 is 0 Å². The summed E-state index contributed by atoms with van der Waals surface area (Å²) in [4.78, 5) is 4.30. The van der Waals surface area contributed by atoms with Gasteiger partial charge >= 0.3 is 0 Å². The molecule has 0 unspecified atom stereocenters. The third-order valence-electron chi connectivity index (χ3n) is 3.24. The van der Waals surface area contributed by atoms with E-state index in [4.69, 9.17) is 5.73 Å². The van der Waals surface area contributed by atoms with Gasteiger partial charge in [0.15, 0.2) is 0 Å². The molecule has 3 nitrogen and oxygen atoms in total. The van der Waals surface area contributed by atoms with Gasteiger partial charge in [0.1, 0.15) is 11.6 Å². The maximum atomic E-state index is 13.6. The first-order valence-corrected chi connectivity index (χ1v) is 6.28. The molecule has 4 heteroatoms. The zero-order valence-corrected chi connectivity index (χ0v) is 11.0. The van der Waals surface area contributed by atoms with Gasteiger partial charge in [-0.2, -0.15) is 0 Å². The maximum Gasteiger partial charge on any atom is 0.140 e. The molecule has 0 saturated carbocycles. The van der Waals surface area contributed by atoms with Crippen LogP contribution < -0.4 is 5.73 Å². The number of halogens is 1. The molecule has 0 aliphatic rings. The predicted molar refractivity (Wildman–Crippen MR) is 78.5 cm³/mol. The standard InChI is InChI=1S/C16H14FN3/c1-20-8-7-19-16(20)15-10-12(17)5-6-14(15)11-3-2-4-13(18)9-11/h2-10H,18H2,1H3. The number of anilines is 1. The van der Waals surface area contributed by atoms with Gasteiger partial charge in [-0.05, 0) is 35.4 Å². The molecule has 0 aliphatic carbocycles. The van der Waals surface area contributed by atoms with Crippen molar-refractivity contribution in [3.63, 3.8) is 0 Å². The number of rotatable bonds is 2. The monoisotopic (exact) mass is 267 g/mol. The molecule has 0 amide bonds. The Morgan fingerprint density at radius 3 is 2.65 bits per heavy atom. The second-order valence-corrected chi connectivity index (χ2v) is 4.68. The van der Waals surface area contributed by atoms with Crippen LogP contribution >= 0.6 is 0 Å². The first-order chi connectivity index (χ1) is 9.65. The van der Waals surface area contributed by atoms with Gasteiger partial charge in [0.05, 0.1) is 0 Å². The highest BCUT2D eigenvalue weighted by Crippen LogP contribution is 2.32. The maximum absolute atomic E-state index is 13.6. The summed E-state index contributed by atoms with van der Waals surface area (Å²) in [5.41, 5.74) is 9.12. The number of hydrogen-bond donors (Lipinski definition) is 1. The number of nitrogen functional groups attached to an aromatic ring is 1. The minimum absolute atomic E-state index is 0.282. The van der Waals surface area contributed by atoms with Gasteiger partial charge in [-0.1, -0.05) is 18.2 Å². The third-order valence-corrected chi connectivity index (χ3v) is 3.24. The number of hydrogen-bond acceptors (Lipinski definition) is 2. The fourth-order valence-electron chi connectivity index (χ4n) is 2.28. The molecule has 0 saturated heterocycles. The Kier molecular flexibility index (Phi) is 2.99. The number of nitrogens with zero attached hydrogens (tertiary/aromatic N) is 2. The van der Waals surface area contributed by atoms with Crippen LogP contribution in [0.15, 0.2) is 54.9 Å². The molecule has 2 aromatic carbocycles. The van der Waals surface area contributed by atoms with Crippen LogP contribution in [0.5, 0.6) is 0 Å². The van der Waals surface area contributed by atoms with Gasteiger partial charge < -0.3 is 10.3 Å². The zero-order chi connectivity index (χ0) is 14.1. The predicted octanol–water partition coefficient (Wildman–Crippen LogP) is 3.48. The summed E-state index contributed by atoms with van der Waals surface area (Å²) >= 11 is 0. The summed E-state index contributed by atoms with van der Waals surface area (Å²) in [5.74, 6) is 0.442. The molecule has 1 aromatic heterocycles. The van der Waals surface area contributed by atoms with Crippen LogP contribution in [0.2, 0.25) is 0 Å². The Morgan fingerprint density at radius 2 is 1.95 bits per heavy atom. The lowest BCUT2D eigenvalue weighted by Crippen LogP contribution is -1.95. The highest BCUT2D eigenvalue weighted by Gasteiger charge is 2.12. The fourth-order valence-corrected chi connectivity index (χ4v) is 2.28. The van der Waals surface area contributed by atoms with Crippen molar-refractivity contribution in [1.82, 2.24) is 9.55 Å². The minimum Gasteiger partial charge on any atom is -0.399 e. The number of imidazole rings is 1. The summed E-state index contributed by atoms with van der Waals surface area (Å²) in [7, 11) is 1.89. The zero-order valence-electron chi connectivity index (χ0n) is 11.0. The topological polar surface area (TPSA) is 43.8 Å². The van der Waals surface area contributed by atoms with E-state index in [2.05, 4.69) is 4.98 Å². The Bertz CT molecular complexity index is 762. The average Bonchev–Trinajstić information content (AvgIpc) is 2.85. The largest absolute Gasteiger partial charge is 0.399 e. The SMILES string of the molecule is Cn1ccnc1-c1cc(F)ccc1-c1cccc(N)c1. The van der Waals surface area contributed by atoms with E-state index in [-0.39, 0.29) is 5.82 Å². The van der Waals surface area contributed by atoms with Crippen molar-refractivity contribution in [1.29, 1.82) is 0 Å². The second kappa shape index (κ2) is 4.81. The van der Waals surface area contributed by atoms with Crippen molar-refractivity contribution in [2.24, 2.45) is 7.05 Å². The molecule has 1 heterocycles. The van der Waals surface area contributed by atoms with E-state index in [9.17, 15) is 4.39 Å². The highest BCUT2D eigenvalue weighted by atomic mass is 19.1. The van der Waals surface area contributed by atoms with E-state index in [0.29, 0.717) is 5.69 Å². The summed E-state index contributed by atoms with van der Waals surface area (Å²) in [6.45, 7) is 0. The number of aryl methyl sites for hydroxylation is 1. The Morgan fingerprint density at radius 1 is 1.10 bits per heavy atom. The van der Waals surface area contributed by atoms with Crippen LogP contribution in [0, 0.1) is 5.82 Å². The lowest BCUT2D eigenvalue weighted by atomic mass is 9.98. The molecule has 0 spiro atoms. The van der Waals surface area contributed by atoms with Crippen molar-refractivity contribution < 1.29 is 4.39 Å². The molecule has 20 heavy (non-hydrogen) atoms. The van der Waals surface area contributed by atoms with E-state index >= 15 is 0 Å². The Hall–Kier alpha value is -2.62. The van der Waals surface area contributed by atoms with Crippen LogP contribution in [0.1, 0.15) is 0 Å². The molecular weight excluding hydrogens is 253 g/mol. The summed E-state index contributed by atoms with van der Waals surface area (Å²) in [6.07, 6.45) is 3.53. The lowest BCUT2D eigenvalue weighted by molar-refractivity contribution is 0.628. The van der Waals surface area contributed by atoms with Gasteiger partial charge in [0, 0.05) is 30.7 Å². The van der Waals surface area contributed by atoms with E-state index in [1.165, 1.54) is 12.1 Å². The van der Waals surface area contributed by atoms with E-state index in [0.717, 1.165) is 22.5 Å². The molecule has 0 radical (unpaired) electrons. The van der Waals surface area contributed by atoms with E-state index in [1.54, 1.807) is 12.3 Å². The van der Waals surface area contributed by atoms with Crippen molar-refractivity contribution in [3.8, 4) is 22.5 Å². The average molecular weight is 267 g/mol. The Balaban J connectivity index is 2.24. The first kappa shape index (κ1) is 12.4. The van der Waals surface area contributed by atoms with Crippen molar-refractivity contribution in [2.45, 2.75) is 0 Å². The molecule has 0 fully saturated rings. The molecule has 100 valence electrons. The minimum atomic E-state index is -0.282. The number of benzene rings is 2. The van der Waals surface area contributed by atoms with Gasteiger partial charge in [-0.15, -0.1) is 0 Å². The molecule has 0 atom stereocenters. The molecule has 0 bridgehead atoms. The molecule has 3 aromatic rings. The lowest BCUT2D eigenvalue weighted by Gasteiger charge is -2.10. The van der Waals surface area contributed by atoms with Crippen LogP contribution in [-0.4, -0.2) is 9.55 Å². The van der Waals surface area contributed by atoms with Crippen molar-refractivity contribution in [3.05, 3.63) is 60.7 Å². The van der Waals surface area contributed by atoms with Crippen molar-refractivity contribution >= 4 is 5.69 Å². The van der Waals surface area contributed by atoms with Gasteiger partial charge in [-0.25, -0.2) is 9.37 Å². The van der Waals surface area contributed by atoms with Crippen LogP contribution in [0.3, 0.4) is 0 Å². The Labute approximate surface area is 116 Å². The summed E-state index contributed by atoms with van der Waals surface area (Å²) in [6, 6.07) is 12.2. The quantitative estimate of drug-likeness (QED) is 0.722.